The van der Waals surface area contributed by atoms with Crippen LogP contribution in [-0.2, 0) is 0 Å². The number of aromatic nitrogens is 2. The SMILES string of the molecule is CCNc1nc(C2CSc3ccccc3O2)ns1. The van der Waals surface area contributed by atoms with E-state index in [1.165, 1.54) is 16.4 Å². The third-order valence-electron chi connectivity index (χ3n) is 2.57. The van der Waals surface area contributed by atoms with Crippen molar-refractivity contribution in [1.82, 2.24) is 9.36 Å². The lowest BCUT2D eigenvalue weighted by Crippen LogP contribution is -2.16. The van der Waals surface area contributed by atoms with Crippen LogP contribution in [0.1, 0.15) is 18.9 Å². The van der Waals surface area contributed by atoms with Crippen LogP contribution in [0.2, 0.25) is 0 Å². The van der Waals surface area contributed by atoms with E-state index in [2.05, 4.69) is 20.7 Å². The van der Waals surface area contributed by atoms with E-state index < -0.39 is 0 Å². The molecule has 3 rings (SSSR count). The standard InChI is InChI=1S/C12H13N3OS2/c1-2-13-12-14-11(15-18-12)9-7-17-10-6-4-3-5-8(10)16-9/h3-6,9H,2,7H2,1H3,(H,13,14,15). The van der Waals surface area contributed by atoms with Gasteiger partial charge in [-0.25, -0.2) is 0 Å². The second-order valence-corrected chi connectivity index (χ2v) is 5.67. The molecule has 0 fully saturated rings. The summed E-state index contributed by atoms with van der Waals surface area (Å²) in [5, 5.41) is 4.03. The number of hydrogen-bond donors (Lipinski definition) is 1. The van der Waals surface area contributed by atoms with Crippen molar-refractivity contribution < 1.29 is 4.74 Å². The van der Waals surface area contributed by atoms with Gasteiger partial charge in [0.15, 0.2) is 11.9 Å². The van der Waals surface area contributed by atoms with Crippen LogP contribution in [0.25, 0.3) is 0 Å². The first-order valence-electron chi connectivity index (χ1n) is 5.83. The fourth-order valence-electron chi connectivity index (χ4n) is 1.74. The van der Waals surface area contributed by atoms with Crippen molar-refractivity contribution in [3.05, 3.63) is 30.1 Å². The van der Waals surface area contributed by atoms with Gasteiger partial charge in [0.2, 0.25) is 5.13 Å². The first-order chi connectivity index (χ1) is 8.86. The highest BCUT2D eigenvalue weighted by molar-refractivity contribution is 7.99. The van der Waals surface area contributed by atoms with Gasteiger partial charge in [-0.15, -0.1) is 11.8 Å². The van der Waals surface area contributed by atoms with Crippen LogP contribution < -0.4 is 10.1 Å². The lowest BCUT2D eigenvalue weighted by atomic mass is 10.3. The van der Waals surface area contributed by atoms with Crippen LogP contribution >= 0.6 is 23.3 Å². The average Bonchev–Trinajstić information content (AvgIpc) is 2.87. The highest BCUT2D eigenvalue weighted by Crippen LogP contribution is 2.39. The summed E-state index contributed by atoms with van der Waals surface area (Å²) in [4.78, 5) is 5.65. The Balaban J connectivity index is 1.78. The van der Waals surface area contributed by atoms with Gasteiger partial charge in [-0.1, -0.05) is 12.1 Å². The Hall–Kier alpha value is -1.27. The second-order valence-electron chi connectivity index (χ2n) is 3.85. The van der Waals surface area contributed by atoms with Gasteiger partial charge in [-0.3, -0.25) is 0 Å². The monoisotopic (exact) mass is 279 g/mol. The van der Waals surface area contributed by atoms with E-state index in [1.807, 2.05) is 25.1 Å². The first-order valence-corrected chi connectivity index (χ1v) is 7.58. The van der Waals surface area contributed by atoms with E-state index in [1.54, 1.807) is 11.8 Å². The number of nitrogens with zero attached hydrogens (tertiary/aromatic N) is 2. The van der Waals surface area contributed by atoms with Crippen LogP contribution in [0.3, 0.4) is 0 Å². The zero-order chi connectivity index (χ0) is 12.4. The molecule has 1 aromatic heterocycles. The van der Waals surface area contributed by atoms with Crippen molar-refractivity contribution in [3.8, 4) is 5.75 Å². The predicted molar refractivity (Wildman–Crippen MR) is 74.6 cm³/mol. The van der Waals surface area contributed by atoms with Gasteiger partial charge in [-0.2, -0.15) is 9.36 Å². The summed E-state index contributed by atoms with van der Waals surface area (Å²) < 4.78 is 10.3. The highest BCUT2D eigenvalue weighted by atomic mass is 32.2. The molecule has 18 heavy (non-hydrogen) atoms. The molecular formula is C12H13N3OS2. The number of benzene rings is 1. The molecular weight excluding hydrogens is 266 g/mol. The fourth-order valence-corrected chi connectivity index (χ4v) is 3.40. The maximum absolute atomic E-state index is 5.94. The number of nitrogens with one attached hydrogen (secondary N) is 1. The molecule has 1 unspecified atom stereocenters. The molecule has 1 aliphatic rings. The Bertz CT molecular complexity index is 544. The molecule has 4 nitrogen and oxygen atoms in total. The summed E-state index contributed by atoms with van der Waals surface area (Å²) in [7, 11) is 0. The molecule has 0 saturated heterocycles. The summed E-state index contributed by atoms with van der Waals surface area (Å²) in [5.41, 5.74) is 0. The van der Waals surface area contributed by atoms with E-state index in [-0.39, 0.29) is 6.10 Å². The Kier molecular flexibility index (Phi) is 3.38. The molecule has 94 valence electrons. The van der Waals surface area contributed by atoms with Crippen molar-refractivity contribution >= 4 is 28.4 Å². The van der Waals surface area contributed by atoms with Gasteiger partial charge in [-0.05, 0) is 19.1 Å². The normalized spacial score (nSPS) is 17.9. The van der Waals surface area contributed by atoms with E-state index >= 15 is 0 Å². The summed E-state index contributed by atoms with van der Waals surface area (Å²) >= 11 is 3.18. The minimum atomic E-state index is -0.0476. The van der Waals surface area contributed by atoms with Crippen LogP contribution in [-0.4, -0.2) is 21.7 Å². The van der Waals surface area contributed by atoms with Crippen LogP contribution in [0.4, 0.5) is 5.13 Å². The molecule has 0 saturated carbocycles. The average molecular weight is 279 g/mol. The lowest BCUT2D eigenvalue weighted by Gasteiger charge is -2.23. The predicted octanol–water partition coefficient (Wildman–Crippen LogP) is 3.20. The van der Waals surface area contributed by atoms with E-state index in [0.717, 1.165) is 29.0 Å². The van der Waals surface area contributed by atoms with Gasteiger partial charge >= 0.3 is 0 Å². The van der Waals surface area contributed by atoms with Gasteiger partial charge in [0.25, 0.3) is 0 Å². The molecule has 1 aliphatic heterocycles. The number of thioether (sulfide) groups is 1. The molecule has 0 aliphatic carbocycles. The minimum Gasteiger partial charge on any atom is -0.480 e. The third kappa shape index (κ3) is 2.30. The number of para-hydroxylation sites is 1. The fraction of sp³-hybridized carbons (Fsp3) is 0.333. The summed E-state index contributed by atoms with van der Waals surface area (Å²) in [5.74, 6) is 2.57. The number of ether oxygens (including phenoxy) is 1. The number of rotatable bonds is 3. The van der Waals surface area contributed by atoms with Crippen LogP contribution in [0.5, 0.6) is 5.75 Å². The highest BCUT2D eigenvalue weighted by Gasteiger charge is 2.25. The lowest BCUT2D eigenvalue weighted by molar-refractivity contribution is 0.212. The zero-order valence-corrected chi connectivity index (χ0v) is 11.6. The van der Waals surface area contributed by atoms with Crippen molar-refractivity contribution in [2.24, 2.45) is 0 Å². The number of anilines is 1. The van der Waals surface area contributed by atoms with Gasteiger partial charge < -0.3 is 10.1 Å². The van der Waals surface area contributed by atoms with Gasteiger partial charge in [0, 0.05) is 28.7 Å². The molecule has 0 radical (unpaired) electrons. The van der Waals surface area contributed by atoms with Gasteiger partial charge in [0.05, 0.1) is 0 Å². The molecule has 0 bridgehead atoms. The number of fused-ring (bicyclic) bond motifs is 1. The molecule has 6 heteroatoms. The Morgan fingerprint density at radius 2 is 2.33 bits per heavy atom. The molecule has 1 atom stereocenters. The molecule has 2 aromatic rings. The van der Waals surface area contributed by atoms with Crippen molar-refractivity contribution in [2.45, 2.75) is 17.9 Å². The summed E-state index contributed by atoms with van der Waals surface area (Å²) in [6.45, 7) is 2.90. The Morgan fingerprint density at radius 3 is 3.22 bits per heavy atom. The van der Waals surface area contributed by atoms with Crippen molar-refractivity contribution in [3.63, 3.8) is 0 Å². The van der Waals surface area contributed by atoms with Gasteiger partial charge in [0.1, 0.15) is 5.75 Å². The van der Waals surface area contributed by atoms with Crippen LogP contribution in [0, 0.1) is 0 Å². The molecule has 0 spiro atoms. The molecule has 1 aromatic carbocycles. The second kappa shape index (κ2) is 5.16. The minimum absolute atomic E-state index is 0.0476. The first kappa shape index (κ1) is 11.8. The quantitative estimate of drug-likeness (QED) is 0.935. The Labute approximate surface area is 114 Å². The maximum Gasteiger partial charge on any atom is 0.202 e. The van der Waals surface area contributed by atoms with E-state index in [4.69, 9.17) is 4.74 Å². The Morgan fingerprint density at radius 1 is 1.44 bits per heavy atom. The zero-order valence-electron chi connectivity index (χ0n) is 9.92. The third-order valence-corrected chi connectivity index (χ3v) is 4.37. The van der Waals surface area contributed by atoms with Crippen molar-refractivity contribution in [2.75, 3.05) is 17.6 Å². The number of hydrogen-bond acceptors (Lipinski definition) is 6. The molecule has 1 N–H and O–H groups in total. The topological polar surface area (TPSA) is 47.0 Å². The smallest absolute Gasteiger partial charge is 0.202 e. The maximum atomic E-state index is 5.94. The van der Waals surface area contributed by atoms with Crippen molar-refractivity contribution in [1.29, 1.82) is 0 Å². The molecule has 2 heterocycles. The van der Waals surface area contributed by atoms with Crippen LogP contribution in [0.15, 0.2) is 29.2 Å². The summed E-state index contributed by atoms with van der Waals surface area (Å²) in [6, 6.07) is 8.08. The van der Waals surface area contributed by atoms with E-state index in [0.29, 0.717) is 0 Å². The molecule has 0 amide bonds. The van der Waals surface area contributed by atoms with E-state index in [9.17, 15) is 0 Å². The largest absolute Gasteiger partial charge is 0.480 e. The summed E-state index contributed by atoms with van der Waals surface area (Å²) in [6.07, 6.45) is -0.0476.